The number of rotatable bonds is 4. The molecule has 152 valence electrons. The second-order valence-corrected chi connectivity index (χ2v) is 6.74. The van der Waals surface area contributed by atoms with Gasteiger partial charge in [-0.05, 0) is 31.2 Å². The Kier molecular flexibility index (Phi) is 5.37. The fourth-order valence-corrected chi connectivity index (χ4v) is 2.46. The van der Waals surface area contributed by atoms with E-state index in [0.717, 1.165) is 11.6 Å². The molecule has 0 bridgehead atoms. The van der Waals surface area contributed by atoms with Gasteiger partial charge in [0.2, 0.25) is 11.2 Å². The molecule has 0 atom stereocenters. The lowest BCUT2D eigenvalue weighted by Crippen LogP contribution is -2.16. The van der Waals surface area contributed by atoms with Crippen molar-refractivity contribution in [1.29, 1.82) is 0 Å². The fourth-order valence-electron chi connectivity index (χ4n) is 2.46. The highest BCUT2D eigenvalue weighted by Crippen LogP contribution is 2.38. The molecule has 8 heteroatoms. The summed E-state index contributed by atoms with van der Waals surface area (Å²) >= 11 is 0. The fraction of sp³-hybridized carbons (Fsp3) is 0.238. The van der Waals surface area contributed by atoms with Crippen LogP contribution in [0.1, 0.15) is 25.2 Å². The van der Waals surface area contributed by atoms with E-state index >= 15 is 0 Å². The molecule has 0 aliphatic carbocycles. The van der Waals surface area contributed by atoms with E-state index in [-0.39, 0.29) is 22.5 Å². The summed E-state index contributed by atoms with van der Waals surface area (Å²) < 4.78 is 55.9. The lowest BCUT2D eigenvalue weighted by atomic mass is 10.2. The summed E-state index contributed by atoms with van der Waals surface area (Å²) in [7, 11) is 0. The van der Waals surface area contributed by atoms with Crippen molar-refractivity contribution < 1.29 is 31.9 Å². The lowest BCUT2D eigenvalue weighted by Gasteiger charge is -2.14. The Morgan fingerprint density at radius 2 is 1.66 bits per heavy atom. The SMILES string of the molecule is Cc1ccc(Oc2c(C(F)(F)F)oc3cc(OC(=O)C(C)C)ccc3c2=O)cc1. The van der Waals surface area contributed by atoms with E-state index in [4.69, 9.17) is 13.9 Å². The van der Waals surface area contributed by atoms with Crippen LogP contribution in [0.5, 0.6) is 17.2 Å². The maximum Gasteiger partial charge on any atom is 0.453 e. The summed E-state index contributed by atoms with van der Waals surface area (Å²) in [4.78, 5) is 24.4. The third kappa shape index (κ3) is 4.42. The molecule has 1 heterocycles. The monoisotopic (exact) mass is 406 g/mol. The van der Waals surface area contributed by atoms with E-state index in [1.165, 1.54) is 24.3 Å². The van der Waals surface area contributed by atoms with Crippen LogP contribution >= 0.6 is 0 Å². The Labute approximate surface area is 163 Å². The van der Waals surface area contributed by atoms with Crippen LogP contribution in [0, 0.1) is 12.8 Å². The Morgan fingerprint density at radius 3 is 2.24 bits per heavy atom. The van der Waals surface area contributed by atoms with E-state index in [1.54, 1.807) is 32.9 Å². The molecule has 0 spiro atoms. The molecule has 0 radical (unpaired) electrons. The summed E-state index contributed by atoms with van der Waals surface area (Å²) in [5, 5.41) is -0.135. The highest BCUT2D eigenvalue weighted by Gasteiger charge is 2.40. The minimum Gasteiger partial charge on any atom is -0.449 e. The molecule has 29 heavy (non-hydrogen) atoms. The number of ether oxygens (including phenoxy) is 2. The Morgan fingerprint density at radius 1 is 1.03 bits per heavy atom. The van der Waals surface area contributed by atoms with Crippen molar-refractivity contribution in [2.75, 3.05) is 0 Å². The molecule has 0 amide bonds. The largest absolute Gasteiger partial charge is 0.453 e. The number of hydrogen-bond acceptors (Lipinski definition) is 5. The molecule has 5 nitrogen and oxygen atoms in total. The molecule has 3 rings (SSSR count). The van der Waals surface area contributed by atoms with E-state index in [2.05, 4.69) is 0 Å². The number of aryl methyl sites for hydroxylation is 1. The number of carbonyl (C=O) groups is 1. The minimum atomic E-state index is -4.97. The Hall–Kier alpha value is -3.29. The van der Waals surface area contributed by atoms with Gasteiger partial charge in [-0.3, -0.25) is 9.59 Å². The maximum atomic E-state index is 13.5. The van der Waals surface area contributed by atoms with Gasteiger partial charge in [0, 0.05) is 6.07 Å². The van der Waals surface area contributed by atoms with Gasteiger partial charge in [-0.2, -0.15) is 13.2 Å². The zero-order chi connectivity index (χ0) is 21.3. The molecular weight excluding hydrogens is 389 g/mol. The highest BCUT2D eigenvalue weighted by atomic mass is 19.4. The van der Waals surface area contributed by atoms with Crippen LogP contribution in [-0.2, 0) is 11.0 Å². The zero-order valence-corrected chi connectivity index (χ0v) is 15.8. The summed E-state index contributed by atoms with van der Waals surface area (Å²) in [5.74, 6) is -3.49. The number of benzene rings is 2. The predicted molar refractivity (Wildman–Crippen MR) is 99.2 cm³/mol. The summed E-state index contributed by atoms with van der Waals surface area (Å²) in [5.41, 5.74) is -0.476. The molecule has 2 aromatic carbocycles. The predicted octanol–water partition coefficient (Wildman–Crippen LogP) is 5.47. The second kappa shape index (κ2) is 7.62. The average molecular weight is 406 g/mol. The molecule has 1 aromatic heterocycles. The van der Waals surface area contributed by atoms with Gasteiger partial charge in [0.05, 0.1) is 11.3 Å². The van der Waals surface area contributed by atoms with Gasteiger partial charge in [-0.1, -0.05) is 31.5 Å². The zero-order valence-electron chi connectivity index (χ0n) is 15.8. The first-order valence-corrected chi connectivity index (χ1v) is 8.70. The molecule has 0 unspecified atom stereocenters. The number of alkyl halides is 3. The van der Waals surface area contributed by atoms with Crippen LogP contribution in [0.2, 0.25) is 0 Å². The van der Waals surface area contributed by atoms with Gasteiger partial charge in [-0.15, -0.1) is 0 Å². The third-order valence-corrected chi connectivity index (χ3v) is 4.01. The van der Waals surface area contributed by atoms with Crippen molar-refractivity contribution in [2.24, 2.45) is 5.92 Å². The summed E-state index contributed by atoms with van der Waals surface area (Å²) in [6.45, 7) is 5.03. The summed E-state index contributed by atoms with van der Waals surface area (Å²) in [6.07, 6.45) is -4.97. The molecule has 0 N–H and O–H groups in total. The smallest absolute Gasteiger partial charge is 0.449 e. The van der Waals surface area contributed by atoms with Crippen LogP contribution in [0.15, 0.2) is 51.7 Å². The summed E-state index contributed by atoms with van der Waals surface area (Å²) in [6, 6.07) is 9.79. The maximum absolute atomic E-state index is 13.5. The second-order valence-electron chi connectivity index (χ2n) is 6.74. The van der Waals surface area contributed by atoms with Crippen molar-refractivity contribution >= 4 is 16.9 Å². The normalized spacial score (nSPS) is 11.7. The number of fused-ring (bicyclic) bond motifs is 1. The van der Waals surface area contributed by atoms with Gasteiger partial charge in [0.15, 0.2) is 0 Å². The van der Waals surface area contributed by atoms with Crippen molar-refractivity contribution in [3.63, 3.8) is 0 Å². The molecule has 0 aliphatic heterocycles. The van der Waals surface area contributed by atoms with E-state index < -0.39 is 35.0 Å². The van der Waals surface area contributed by atoms with Gasteiger partial charge < -0.3 is 13.9 Å². The first-order valence-electron chi connectivity index (χ1n) is 8.70. The van der Waals surface area contributed by atoms with Crippen molar-refractivity contribution in [3.8, 4) is 17.2 Å². The van der Waals surface area contributed by atoms with E-state index in [1.807, 2.05) is 0 Å². The first kappa shape index (κ1) is 20.4. The average Bonchev–Trinajstić information content (AvgIpc) is 2.64. The van der Waals surface area contributed by atoms with Crippen molar-refractivity contribution in [2.45, 2.75) is 26.9 Å². The van der Waals surface area contributed by atoms with Gasteiger partial charge in [-0.25, -0.2) is 0 Å². The lowest BCUT2D eigenvalue weighted by molar-refractivity contribution is -0.154. The van der Waals surface area contributed by atoms with Crippen LogP contribution in [0.25, 0.3) is 11.0 Å². The van der Waals surface area contributed by atoms with Crippen molar-refractivity contribution in [3.05, 3.63) is 64.0 Å². The first-order chi connectivity index (χ1) is 13.6. The van der Waals surface area contributed by atoms with Crippen molar-refractivity contribution in [1.82, 2.24) is 0 Å². The van der Waals surface area contributed by atoms with Crippen LogP contribution in [0.4, 0.5) is 13.2 Å². The quantitative estimate of drug-likeness (QED) is 0.424. The molecular formula is C21H17F3O5. The van der Waals surface area contributed by atoms with E-state index in [9.17, 15) is 22.8 Å². The van der Waals surface area contributed by atoms with E-state index in [0.29, 0.717) is 0 Å². The highest BCUT2D eigenvalue weighted by molar-refractivity contribution is 5.81. The molecule has 0 aliphatic rings. The molecule has 0 fully saturated rings. The Balaban J connectivity index is 2.13. The van der Waals surface area contributed by atoms with Gasteiger partial charge in [0.1, 0.15) is 17.1 Å². The third-order valence-electron chi connectivity index (χ3n) is 4.01. The standard InChI is InChI=1S/C21H17F3O5/c1-11(2)20(26)28-14-8-9-15-16(10-14)29-19(21(22,23)24)18(17(15)25)27-13-6-4-12(3)5-7-13/h4-11H,1-3H3. The number of esters is 1. The Bertz CT molecular complexity index is 1110. The number of halogens is 3. The van der Waals surface area contributed by atoms with Crippen LogP contribution in [0.3, 0.4) is 0 Å². The molecule has 0 saturated carbocycles. The van der Waals surface area contributed by atoms with Crippen LogP contribution < -0.4 is 14.9 Å². The minimum absolute atomic E-state index is 0.0281. The molecule has 0 saturated heterocycles. The van der Waals surface area contributed by atoms with Gasteiger partial charge >= 0.3 is 12.1 Å². The van der Waals surface area contributed by atoms with Crippen LogP contribution in [-0.4, -0.2) is 5.97 Å². The molecule has 3 aromatic rings. The number of hydrogen-bond donors (Lipinski definition) is 0. The topological polar surface area (TPSA) is 65.7 Å². The number of carbonyl (C=O) groups excluding carboxylic acids is 1. The van der Waals surface area contributed by atoms with Gasteiger partial charge in [0.25, 0.3) is 5.76 Å².